The molecule has 0 aliphatic carbocycles. The molecule has 1 aromatic carbocycles. The van der Waals surface area contributed by atoms with Crippen LogP contribution in [0.15, 0.2) is 18.2 Å². The average Bonchev–Trinajstić information content (AvgIpc) is 2.10. The van der Waals surface area contributed by atoms with E-state index in [1.165, 1.54) is 6.07 Å². The maximum atomic E-state index is 11.2. The molecular formula is C11H14O3. The van der Waals surface area contributed by atoms with Crippen LogP contribution in [-0.2, 0) is 4.79 Å². The van der Waals surface area contributed by atoms with Crippen LogP contribution in [0.2, 0.25) is 0 Å². The van der Waals surface area contributed by atoms with E-state index in [0.717, 1.165) is 12.0 Å². The normalized spacial score (nSPS) is 9.86. The van der Waals surface area contributed by atoms with Crippen LogP contribution in [0.25, 0.3) is 0 Å². The van der Waals surface area contributed by atoms with Crippen LogP contribution in [0.1, 0.15) is 25.3 Å². The zero-order valence-corrected chi connectivity index (χ0v) is 8.41. The molecule has 0 radical (unpaired) electrons. The van der Waals surface area contributed by atoms with Crippen LogP contribution in [0.4, 0.5) is 0 Å². The Hall–Kier alpha value is -1.51. The molecule has 0 saturated heterocycles. The van der Waals surface area contributed by atoms with Gasteiger partial charge in [-0.05, 0) is 37.1 Å². The quantitative estimate of drug-likeness (QED) is 0.593. The van der Waals surface area contributed by atoms with Gasteiger partial charge in [0.1, 0.15) is 11.5 Å². The minimum atomic E-state index is -0.235. The van der Waals surface area contributed by atoms with Gasteiger partial charge in [-0.3, -0.25) is 4.79 Å². The lowest BCUT2D eigenvalue weighted by molar-refractivity contribution is -0.134. The van der Waals surface area contributed by atoms with Crippen molar-refractivity contribution in [3.63, 3.8) is 0 Å². The summed E-state index contributed by atoms with van der Waals surface area (Å²) in [5.41, 5.74) is 0.759. The number of ether oxygens (including phenoxy) is 1. The van der Waals surface area contributed by atoms with E-state index >= 15 is 0 Å². The van der Waals surface area contributed by atoms with Crippen molar-refractivity contribution in [1.82, 2.24) is 0 Å². The van der Waals surface area contributed by atoms with Gasteiger partial charge in [-0.2, -0.15) is 0 Å². The average molecular weight is 194 g/mol. The van der Waals surface area contributed by atoms with E-state index in [0.29, 0.717) is 12.2 Å². The van der Waals surface area contributed by atoms with Crippen LogP contribution in [0.3, 0.4) is 0 Å². The largest absolute Gasteiger partial charge is 0.508 e. The number of carbonyl (C=O) groups excluding carboxylic acids is 1. The van der Waals surface area contributed by atoms with E-state index in [9.17, 15) is 4.79 Å². The number of carbonyl (C=O) groups is 1. The number of benzene rings is 1. The summed E-state index contributed by atoms with van der Waals surface area (Å²) in [6, 6.07) is 4.66. The Kier molecular flexibility index (Phi) is 3.51. The van der Waals surface area contributed by atoms with Gasteiger partial charge in [0.2, 0.25) is 0 Å². The smallest absolute Gasteiger partial charge is 0.311 e. The van der Waals surface area contributed by atoms with Gasteiger partial charge in [0.05, 0.1) is 0 Å². The molecule has 3 nitrogen and oxygen atoms in total. The number of hydrogen-bond acceptors (Lipinski definition) is 3. The lowest BCUT2D eigenvalue weighted by Crippen LogP contribution is -2.07. The van der Waals surface area contributed by atoms with Crippen LogP contribution in [-0.4, -0.2) is 11.1 Å². The molecular weight excluding hydrogens is 180 g/mol. The molecule has 0 amide bonds. The maximum absolute atomic E-state index is 11.2. The molecule has 0 aliphatic rings. The Bertz CT molecular complexity index is 331. The molecule has 0 heterocycles. The number of hydrogen-bond donors (Lipinski definition) is 1. The number of phenols is 1. The van der Waals surface area contributed by atoms with Crippen LogP contribution in [0.5, 0.6) is 11.5 Å². The highest BCUT2D eigenvalue weighted by Crippen LogP contribution is 2.22. The van der Waals surface area contributed by atoms with Gasteiger partial charge in [-0.25, -0.2) is 0 Å². The van der Waals surface area contributed by atoms with E-state index < -0.39 is 0 Å². The maximum Gasteiger partial charge on any atom is 0.311 e. The SMILES string of the molecule is CCCC(=O)Oc1ccc(O)cc1C. The fourth-order valence-electron chi connectivity index (χ4n) is 1.13. The third-order valence-electron chi connectivity index (χ3n) is 1.84. The number of aromatic hydroxyl groups is 1. The van der Waals surface area contributed by atoms with Crippen molar-refractivity contribution >= 4 is 5.97 Å². The van der Waals surface area contributed by atoms with Gasteiger partial charge in [0, 0.05) is 6.42 Å². The first-order valence-electron chi connectivity index (χ1n) is 4.63. The second-order valence-corrected chi connectivity index (χ2v) is 3.17. The van der Waals surface area contributed by atoms with Crippen LogP contribution >= 0.6 is 0 Å². The van der Waals surface area contributed by atoms with Crippen molar-refractivity contribution in [2.24, 2.45) is 0 Å². The summed E-state index contributed by atoms with van der Waals surface area (Å²) < 4.78 is 5.09. The second kappa shape index (κ2) is 4.65. The molecule has 0 atom stereocenters. The van der Waals surface area contributed by atoms with Gasteiger partial charge in [-0.15, -0.1) is 0 Å². The summed E-state index contributed by atoms with van der Waals surface area (Å²) in [4.78, 5) is 11.2. The van der Waals surface area contributed by atoms with Gasteiger partial charge < -0.3 is 9.84 Å². The van der Waals surface area contributed by atoms with E-state index in [2.05, 4.69) is 0 Å². The Balaban J connectivity index is 2.72. The summed E-state index contributed by atoms with van der Waals surface area (Å²) in [5, 5.41) is 9.13. The molecule has 0 aromatic heterocycles. The predicted octanol–water partition coefficient (Wildman–Crippen LogP) is 2.41. The first-order chi connectivity index (χ1) is 6.63. The molecule has 14 heavy (non-hydrogen) atoms. The molecule has 0 saturated carbocycles. The lowest BCUT2D eigenvalue weighted by atomic mass is 10.2. The van der Waals surface area contributed by atoms with E-state index in [1.807, 2.05) is 6.92 Å². The summed E-state index contributed by atoms with van der Waals surface area (Å²) in [7, 11) is 0. The summed E-state index contributed by atoms with van der Waals surface area (Å²) in [6.45, 7) is 3.71. The number of rotatable bonds is 3. The standard InChI is InChI=1S/C11H14O3/c1-3-4-11(13)14-10-6-5-9(12)7-8(10)2/h5-7,12H,3-4H2,1-2H3. The Morgan fingerprint density at radius 1 is 1.50 bits per heavy atom. The number of phenolic OH excluding ortho intramolecular Hbond substituents is 1. The second-order valence-electron chi connectivity index (χ2n) is 3.17. The van der Waals surface area contributed by atoms with Crippen LogP contribution < -0.4 is 4.74 Å². The number of esters is 1. The molecule has 0 spiro atoms. The minimum Gasteiger partial charge on any atom is -0.508 e. The fourth-order valence-corrected chi connectivity index (χ4v) is 1.13. The topological polar surface area (TPSA) is 46.5 Å². The highest BCUT2D eigenvalue weighted by Gasteiger charge is 2.06. The van der Waals surface area contributed by atoms with Crippen molar-refractivity contribution in [2.75, 3.05) is 0 Å². The van der Waals surface area contributed by atoms with Crippen molar-refractivity contribution in [3.05, 3.63) is 23.8 Å². The first-order valence-corrected chi connectivity index (χ1v) is 4.63. The third kappa shape index (κ3) is 2.76. The van der Waals surface area contributed by atoms with E-state index in [-0.39, 0.29) is 11.7 Å². The van der Waals surface area contributed by atoms with Gasteiger partial charge >= 0.3 is 5.97 Å². The minimum absolute atomic E-state index is 0.179. The third-order valence-corrected chi connectivity index (χ3v) is 1.84. The lowest BCUT2D eigenvalue weighted by Gasteiger charge is -2.06. The van der Waals surface area contributed by atoms with Crippen molar-refractivity contribution in [3.8, 4) is 11.5 Å². The molecule has 0 aliphatic heterocycles. The van der Waals surface area contributed by atoms with Gasteiger partial charge in [-0.1, -0.05) is 6.92 Å². The molecule has 0 unspecified atom stereocenters. The predicted molar refractivity (Wildman–Crippen MR) is 53.4 cm³/mol. The molecule has 0 fully saturated rings. The Morgan fingerprint density at radius 2 is 2.21 bits per heavy atom. The van der Waals surface area contributed by atoms with Crippen molar-refractivity contribution in [1.29, 1.82) is 0 Å². The summed E-state index contributed by atoms with van der Waals surface area (Å²) in [6.07, 6.45) is 1.19. The molecule has 1 aromatic rings. The molecule has 1 rings (SSSR count). The van der Waals surface area contributed by atoms with E-state index in [4.69, 9.17) is 9.84 Å². The number of aryl methyl sites for hydroxylation is 1. The van der Waals surface area contributed by atoms with Crippen molar-refractivity contribution in [2.45, 2.75) is 26.7 Å². The zero-order valence-electron chi connectivity index (χ0n) is 8.41. The zero-order chi connectivity index (χ0) is 10.6. The summed E-state index contributed by atoms with van der Waals surface area (Å²) >= 11 is 0. The van der Waals surface area contributed by atoms with Crippen molar-refractivity contribution < 1.29 is 14.6 Å². The molecule has 76 valence electrons. The molecule has 3 heteroatoms. The Morgan fingerprint density at radius 3 is 2.79 bits per heavy atom. The van der Waals surface area contributed by atoms with Gasteiger partial charge in [0.25, 0.3) is 0 Å². The van der Waals surface area contributed by atoms with Gasteiger partial charge in [0.15, 0.2) is 0 Å². The highest BCUT2D eigenvalue weighted by atomic mass is 16.5. The monoisotopic (exact) mass is 194 g/mol. The fraction of sp³-hybridized carbons (Fsp3) is 0.364. The molecule has 1 N–H and O–H groups in total. The Labute approximate surface area is 83.3 Å². The summed E-state index contributed by atoms with van der Waals surface area (Å²) in [5.74, 6) is 0.459. The first kappa shape index (κ1) is 10.6. The highest BCUT2D eigenvalue weighted by molar-refractivity contribution is 5.72. The van der Waals surface area contributed by atoms with E-state index in [1.54, 1.807) is 19.1 Å². The van der Waals surface area contributed by atoms with Crippen LogP contribution in [0, 0.1) is 6.92 Å². The molecule has 0 bridgehead atoms.